The van der Waals surface area contributed by atoms with Crippen LogP contribution in [-0.2, 0) is 4.74 Å². The number of halogens is 1. The molecule has 0 radical (unpaired) electrons. The lowest BCUT2D eigenvalue weighted by Crippen LogP contribution is -2.50. The van der Waals surface area contributed by atoms with Crippen LogP contribution in [-0.4, -0.2) is 57.2 Å². The van der Waals surface area contributed by atoms with Crippen molar-refractivity contribution in [3.05, 3.63) is 48.4 Å². The van der Waals surface area contributed by atoms with Crippen molar-refractivity contribution in [2.45, 2.75) is 31.0 Å². The molecule has 4 heterocycles. The third-order valence-corrected chi connectivity index (χ3v) is 4.76. The maximum Gasteiger partial charge on any atom is 0.291 e. The highest BCUT2D eigenvalue weighted by atomic mass is 19.1. The summed E-state index contributed by atoms with van der Waals surface area (Å²) in [6.07, 6.45) is 6.55. The second kappa shape index (κ2) is 6.95. The van der Waals surface area contributed by atoms with Gasteiger partial charge in [-0.15, -0.1) is 0 Å². The number of pyridine rings is 1. The normalized spacial score (nSPS) is 25.4. The predicted molar refractivity (Wildman–Crippen MR) is 89.1 cm³/mol. The fourth-order valence-electron chi connectivity index (χ4n) is 3.60. The van der Waals surface area contributed by atoms with Gasteiger partial charge in [-0.05, 0) is 31.0 Å². The molecule has 2 fully saturated rings. The summed E-state index contributed by atoms with van der Waals surface area (Å²) in [5.41, 5.74) is -0.474. The van der Waals surface area contributed by atoms with Gasteiger partial charge in [-0.3, -0.25) is 4.79 Å². The van der Waals surface area contributed by atoms with E-state index in [0.717, 1.165) is 12.8 Å². The first-order valence-corrected chi connectivity index (χ1v) is 8.63. The van der Waals surface area contributed by atoms with Crippen molar-refractivity contribution < 1.29 is 18.7 Å². The fraction of sp³-hybridized carbons (Fsp3) is 0.444. The van der Waals surface area contributed by atoms with E-state index in [4.69, 9.17) is 9.47 Å². The Morgan fingerprint density at radius 1 is 1.27 bits per heavy atom. The highest BCUT2D eigenvalue weighted by Crippen LogP contribution is 2.36. The Hall–Kier alpha value is -2.61. The highest BCUT2D eigenvalue weighted by molar-refractivity contribution is 5.90. The molecule has 26 heavy (non-hydrogen) atoms. The molecule has 8 heteroatoms. The van der Waals surface area contributed by atoms with Gasteiger partial charge in [0.25, 0.3) is 11.8 Å². The molecular weight excluding hydrogens is 339 g/mol. The molecule has 4 rings (SSSR count). The van der Waals surface area contributed by atoms with Gasteiger partial charge < -0.3 is 14.4 Å². The molecule has 0 aromatic carbocycles. The van der Waals surface area contributed by atoms with Crippen LogP contribution in [0.3, 0.4) is 0 Å². The van der Waals surface area contributed by atoms with Crippen molar-refractivity contribution in [1.29, 1.82) is 0 Å². The van der Waals surface area contributed by atoms with Gasteiger partial charge in [0.1, 0.15) is 6.10 Å². The average molecular weight is 358 g/mol. The molecule has 1 spiro atoms. The van der Waals surface area contributed by atoms with Crippen molar-refractivity contribution in [1.82, 2.24) is 19.9 Å². The van der Waals surface area contributed by atoms with Crippen molar-refractivity contribution in [2.75, 3.05) is 19.7 Å². The van der Waals surface area contributed by atoms with E-state index in [2.05, 4.69) is 15.0 Å². The molecule has 7 nitrogen and oxygen atoms in total. The van der Waals surface area contributed by atoms with Crippen molar-refractivity contribution in [3.8, 4) is 5.88 Å². The minimum atomic E-state index is -0.491. The van der Waals surface area contributed by atoms with Crippen LogP contribution in [0.25, 0.3) is 0 Å². The first kappa shape index (κ1) is 16.8. The van der Waals surface area contributed by atoms with Crippen LogP contribution in [0.5, 0.6) is 5.88 Å². The van der Waals surface area contributed by atoms with E-state index in [1.807, 2.05) is 0 Å². The summed E-state index contributed by atoms with van der Waals surface area (Å²) in [4.78, 5) is 26.3. The average Bonchev–Trinajstić information content (AvgIpc) is 3.05. The number of rotatable bonds is 3. The second-order valence-corrected chi connectivity index (χ2v) is 6.63. The quantitative estimate of drug-likeness (QED) is 0.833. The number of carbonyl (C=O) groups is 1. The van der Waals surface area contributed by atoms with Crippen LogP contribution >= 0.6 is 0 Å². The summed E-state index contributed by atoms with van der Waals surface area (Å²) in [6.45, 7) is 1.44. The second-order valence-electron chi connectivity index (χ2n) is 6.63. The maximum atomic E-state index is 13.7. The van der Waals surface area contributed by atoms with Crippen LogP contribution in [0.1, 0.15) is 29.9 Å². The Balaban J connectivity index is 1.43. The summed E-state index contributed by atoms with van der Waals surface area (Å²) >= 11 is 0. The van der Waals surface area contributed by atoms with Gasteiger partial charge in [0, 0.05) is 31.6 Å². The molecule has 0 saturated carbocycles. The molecule has 0 N–H and O–H groups in total. The van der Waals surface area contributed by atoms with E-state index in [0.29, 0.717) is 26.1 Å². The molecule has 0 bridgehead atoms. The predicted octanol–water partition coefficient (Wildman–Crippen LogP) is 1.85. The minimum Gasteiger partial charge on any atom is -0.470 e. The van der Waals surface area contributed by atoms with E-state index < -0.39 is 11.4 Å². The molecule has 0 aliphatic carbocycles. The summed E-state index contributed by atoms with van der Waals surface area (Å²) in [5, 5.41) is 0. The molecule has 136 valence electrons. The molecule has 2 saturated heterocycles. The van der Waals surface area contributed by atoms with Crippen molar-refractivity contribution >= 4 is 5.91 Å². The number of hydrogen-bond acceptors (Lipinski definition) is 6. The number of nitrogens with zero attached hydrogens (tertiary/aromatic N) is 4. The lowest BCUT2D eigenvalue weighted by molar-refractivity contribution is -0.0456. The van der Waals surface area contributed by atoms with Gasteiger partial charge in [-0.25, -0.2) is 19.3 Å². The summed E-state index contributed by atoms with van der Waals surface area (Å²) < 4.78 is 25.4. The van der Waals surface area contributed by atoms with Crippen LogP contribution in [0.15, 0.2) is 36.8 Å². The first-order chi connectivity index (χ1) is 12.7. The van der Waals surface area contributed by atoms with E-state index in [1.54, 1.807) is 23.4 Å². The van der Waals surface area contributed by atoms with Gasteiger partial charge in [-0.1, -0.05) is 0 Å². The Bertz CT molecular complexity index is 791. The molecule has 0 unspecified atom stereocenters. The summed E-state index contributed by atoms with van der Waals surface area (Å²) in [5.74, 6) is -0.519. The molecular formula is C18H19FN4O3. The van der Waals surface area contributed by atoms with E-state index in [9.17, 15) is 9.18 Å². The van der Waals surface area contributed by atoms with Gasteiger partial charge in [0.2, 0.25) is 5.82 Å². The largest absolute Gasteiger partial charge is 0.470 e. The topological polar surface area (TPSA) is 77.4 Å². The third-order valence-electron chi connectivity index (χ3n) is 4.76. The molecule has 2 atom stereocenters. The monoisotopic (exact) mass is 358 g/mol. The van der Waals surface area contributed by atoms with Gasteiger partial charge in [0.15, 0.2) is 5.82 Å². The van der Waals surface area contributed by atoms with Crippen LogP contribution in [0.2, 0.25) is 0 Å². The summed E-state index contributed by atoms with van der Waals surface area (Å²) in [6, 6.07) is 4.51. The SMILES string of the molecule is O=C(c1ncccn1)N1CCC[C@]2(C[C@@H](Oc3ncccc3F)CO2)C1. The van der Waals surface area contributed by atoms with Crippen LogP contribution in [0.4, 0.5) is 4.39 Å². The zero-order chi connectivity index (χ0) is 18.0. The Morgan fingerprint density at radius 3 is 2.88 bits per heavy atom. The molecule has 2 aromatic heterocycles. The molecule has 1 amide bonds. The lowest BCUT2D eigenvalue weighted by atomic mass is 9.89. The van der Waals surface area contributed by atoms with E-state index in [1.165, 1.54) is 18.3 Å². The number of ether oxygens (including phenoxy) is 2. The lowest BCUT2D eigenvalue weighted by Gasteiger charge is -2.39. The first-order valence-electron chi connectivity index (χ1n) is 8.63. The number of likely N-dealkylation sites (tertiary alicyclic amines) is 1. The summed E-state index contributed by atoms with van der Waals surface area (Å²) in [7, 11) is 0. The van der Waals surface area contributed by atoms with Crippen LogP contribution < -0.4 is 4.74 Å². The smallest absolute Gasteiger partial charge is 0.291 e. The van der Waals surface area contributed by atoms with Crippen LogP contribution in [0, 0.1) is 5.82 Å². The number of carbonyl (C=O) groups excluding carboxylic acids is 1. The van der Waals surface area contributed by atoms with E-state index >= 15 is 0 Å². The van der Waals surface area contributed by atoms with E-state index in [-0.39, 0.29) is 23.7 Å². The third kappa shape index (κ3) is 3.37. The molecule has 2 aromatic rings. The Labute approximate surface area is 150 Å². The Kier molecular flexibility index (Phi) is 4.50. The zero-order valence-corrected chi connectivity index (χ0v) is 14.2. The van der Waals surface area contributed by atoms with Gasteiger partial charge in [-0.2, -0.15) is 0 Å². The minimum absolute atomic E-state index is 0.0143. The number of hydrogen-bond donors (Lipinski definition) is 0. The molecule has 2 aliphatic rings. The standard InChI is InChI=1S/C18H19FN4O3/c19-14-4-1-6-22-16(14)26-13-10-18(25-11-13)5-2-9-23(12-18)17(24)15-20-7-3-8-21-15/h1,3-4,6-8,13H,2,5,9-12H2/t13-,18+/m1/s1. The van der Waals surface area contributed by atoms with Crippen molar-refractivity contribution in [3.63, 3.8) is 0 Å². The number of aromatic nitrogens is 3. The highest BCUT2D eigenvalue weighted by Gasteiger charge is 2.46. The number of amides is 1. The van der Waals surface area contributed by atoms with Crippen molar-refractivity contribution in [2.24, 2.45) is 0 Å². The maximum absolute atomic E-state index is 13.7. The number of piperidine rings is 1. The fourth-order valence-corrected chi connectivity index (χ4v) is 3.60. The van der Waals surface area contributed by atoms with Gasteiger partial charge in [0.05, 0.1) is 18.8 Å². The zero-order valence-electron chi connectivity index (χ0n) is 14.2. The Morgan fingerprint density at radius 2 is 2.08 bits per heavy atom. The molecule has 2 aliphatic heterocycles. The van der Waals surface area contributed by atoms with Gasteiger partial charge >= 0.3 is 0 Å².